The Morgan fingerprint density at radius 3 is 2.70 bits per heavy atom. The lowest BCUT2D eigenvalue weighted by molar-refractivity contribution is -0.117. The number of carbonyl (C=O) groups is 1. The van der Waals surface area contributed by atoms with Crippen LogP contribution in [0.5, 0.6) is 0 Å². The number of hydrogen-bond acceptors (Lipinski definition) is 2. The van der Waals surface area contributed by atoms with Crippen molar-refractivity contribution in [3.8, 4) is 0 Å². The molecule has 0 bridgehead atoms. The van der Waals surface area contributed by atoms with Crippen LogP contribution < -0.4 is 0 Å². The van der Waals surface area contributed by atoms with Crippen LogP contribution in [0.3, 0.4) is 0 Å². The van der Waals surface area contributed by atoms with Gasteiger partial charge in [-0.3, -0.25) is 4.79 Å². The predicted molar refractivity (Wildman–Crippen MR) is 76.8 cm³/mol. The molecule has 0 saturated heterocycles. The Balaban J connectivity index is 2.57. The lowest BCUT2D eigenvalue weighted by atomic mass is 9.89. The number of hydrogen-bond donors (Lipinski definition) is 0. The molecular weight excluding hydrogens is 301 g/mol. The molecule has 0 unspecified atom stereocenters. The first-order valence-electron chi connectivity index (χ1n) is 6.49. The Kier molecular flexibility index (Phi) is 4.70. The van der Waals surface area contributed by atoms with Crippen molar-refractivity contribution < 1.29 is 13.4 Å². The maximum absolute atomic E-state index is 14.3. The summed E-state index contributed by atoms with van der Waals surface area (Å²) in [5.41, 5.74) is 2.06. The second-order valence-corrected chi connectivity index (χ2v) is 6.06. The molecule has 1 amide bonds. The fraction of sp³-hybridized carbons (Fsp3) is 0.500. The Labute approximate surface area is 125 Å². The van der Waals surface area contributed by atoms with E-state index in [1.165, 1.54) is 0 Å². The molecule has 108 valence electrons. The predicted octanol–water partition coefficient (Wildman–Crippen LogP) is 3.95. The van der Waals surface area contributed by atoms with E-state index in [1.54, 1.807) is 6.07 Å². The first-order chi connectivity index (χ1) is 9.45. The number of halogens is 2. The van der Waals surface area contributed by atoms with Gasteiger partial charge in [-0.2, -0.15) is 4.21 Å². The second-order valence-electron chi connectivity index (χ2n) is 5.32. The zero-order valence-electron chi connectivity index (χ0n) is 11.3. The van der Waals surface area contributed by atoms with Gasteiger partial charge in [-0.05, 0) is 47.4 Å². The van der Waals surface area contributed by atoms with Gasteiger partial charge in [0.2, 0.25) is 11.5 Å². The monoisotopic (exact) mass is 315 g/mol. The van der Waals surface area contributed by atoms with Gasteiger partial charge >= 0.3 is 0 Å². The van der Waals surface area contributed by atoms with Crippen LogP contribution in [0.4, 0.5) is 4.39 Å². The molecule has 1 saturated carbocycles. The third-order valence-corrected chi connectivity index (χ3v) is 4.03. The quantitative estimate of drug-likeness (QED) is 0.844. The summed E-state index contributed by atoms with van der Waals surface area (Å²) in [6, 6.07) is 1.58. The van der Waals surface area contributed by atoms with E-state index in [0.29, 0.717) is 11.1 Å². The molecule has 0 heterocycles. The summed E-state index contributed by atoms with van der Waals surface area (Å²) in [6.45, 7) is 3.93. The molecule has 2 rings (SSSR count). The van der Waals surface area contributed by atoms with Gasteiger partial charge in [-0.1, -0.05) is 25.4 Å². The lowest BCUT2D eigenvalue weighted by Gasteiger charge is -2.18. The normalized spacial score (nSPS) is 14.4. The molecule has 1 aromatic rings. The Morgan fingerprint density at radius 1 is 1.55 bits per heavy atom. The number of benzene rings is 1. The fourth-order valence-electron chi connectivity index (χ4n) is 2.44. The minimum absolute atomic E-state index is 0.0390. The average molecular weight is 316 g/mol. The Hall–Kier alpha value is -1.07. The molecule has 1 aliphatic carbocycles. The SMILES string of the molecule is CC(C)c1cc(Cl)c(F)c(C2CC2)c1CC(=O)N=S=O. The minimum atomic E-state index is -0.532. The highest BCUT2D eigenvalue weighted by Crippen LogP contribution is 2.46. The molecule has 0 N–H and O–H groups in total. The summed E-state index contributed by atoms with van der Waals surface area (Å²) >= 11 is 5.85. The Bertz CT molecular complexity index is 608. The van der Waals surface area contributed by atoms with E-state index in [-0.39, 0.29) is 34.7 Å². The third kappa shape index (κ3) is 3.15. The molecule has 20 heavy (non-hydrogen) atoms. The Morgan fingerprint density at radius 2 is 2.20 bits per heavy atom. The number of rotatable bonds is 4. The van der Waals surface area contributed by atoms with Gasteiger partial charge in [0.05, 0.1) is 11.4 Å². The summed E-state index contributed by atoms with van der Waals surface area (Å²) < 4.78 is 27.9. The highest BCUT2D eigenvalue weighted by atomic mass is 35.5. The van der Waals surface area contributed by atoms with Crippen molar-refractivity contribution in [1.82, 2.24) is 0 Å². The van der Waals surface area contributed by atoms with Crippen molar-refractivity contribution in [2.45, 2.75) is 44.9 Å². The maximum atomic E-state index is 14.3. The summed E-state index contributed by atoms with van der Waals surface area (Å²) in [7, 11) is 0. The standard InChI is InChI=1S/C14H15ClFNO2S/c1-7(2)9-5-11(15)14(16)13(8-3-4-8)10(9)6-12(18)17-20-19/h5,7-8H,3-4,6H2,1-2H3. The molecule has 0 aliphatic heterocycles. The van der Waals surface area contributed by atoms with E-state index < -0.39 is 11.7 Å². The lowest BCUT2D eigenvalue weighted by Crippen LogP contribution is -2.09. The van der Waals surface area contributed by atoms with Gasteiger partial charge in [-0.15, -0.1) is 4.36 Å². The molecule has 1 aromatic carbocycles. The van der Waals surface area contributed by atoms with Crippen molar-refractivity contribution >= 4 is 29.0 Å². The zero-order chi connectivity index (χ0) is 14.9. The van der Waals surface area contributed by atoms with Crippen LogP contribution in [-0.4, -0.2) is 10.1 Å². The van der Waals surface area contributed by atoms with Crippen molar-refractivity contribution in [3.63, 3.8) is 0 Å². The fourth-order valence-corrected chi connectivity index (χ4v) is 2.81. The van der Waals surface area contributed by atoms with E-state index in [2.05, 4.69) is 4.36 Å². The third-order valence-electron chi connectivity index (χ3n) is 3.48. The van der Waals surface area contributed by atoms with Crippen molar-refractivity contribution in [2.75, 3.05) is 0 Å². The van der Waals surface area contributed by atoms with E-state index in [0.717, 1.165) is 18.4 Å². The van der Waals surface area contributed by atoms with Crippen LogP contribution in [0.1, 0.15) is 55.2 Å². The van der Waals surface area contributed by atoms with E-state index in [1.807, 2.05) is 13.8 Å². The maximum Gasteiger partial charge on any atom is 0.263 e. The van der Waals surface area contributed by atoms with Gasteiger partial charge in [0, 0.05) is 0 Å². The van der Waals surface area contributed by atoms with Crippen LogP contribution >= 0.6 is 11.6 Å². The first kappa shape index (κ1) is 15.3. The second kappa shape index (κ2) is 6.14. The van der Waals surface area contributed by atoms with Crippen LogP contribution in [0.25, 0.3) is 0 Å². The molecule has 1 fully saturated rings. The zero-order valence-corrected chi connectivity index (χ0v) is 12.9. The number of amides is 1. The average Bonchev–Trinajstić information content (AvgIpc) is 3.18. The largest absolute Gasteiger partial charge is 0.271 e. The molecule has 3 nitrogen and oxygen atoms in total. The van der Waals surface area contributed by atoms with Crippen LogP contribution in [-0.2, 0) is 22.7 Å². The van der Waals surface area contributed by atoms with E-state index in [4.69, 9.17) is 11.6 Å². The van der Waals surface area contributed by atoms with E-state index in [9.17, 15) is 13.4 Å². The number of carbonyl (C=O) groups excluding carboxylic acids is 1. The topological polar surface area (TPSA) is 46.5 Å². The molecule has 0 atom stereocenters. The van der Waals surface area contributed by atoms with Gasteiger partial charge < -0.3 is 0 Å². The van der Waals surface area contributed by atoms with Gasteiger partial charge in [0.25, 0.3) is 5.91 Å². The molecule has 0 aromatic heterocycles. The summed E-state index contributed by atoms with van der Waals surface area (Å²) in [6.07, 6.45) is 1.77. The summed E-state index contributed by atoms with van der Waals surface area (Å²) in [5.74, 6) is -0.714. The molecular formula is C14H15ClFNO2S. The van der Waals surface area contributed by atoms with Crippen molar-refractivity contribution in [3.05, 3.63) is 33.6 Å². The van der Waals surface area contributed by atoms with Crippen molar-refractivity contribution in [2.24, 2.45) is 4.36 Å². The molecule has 1 aliphatic rings. The van der Waals surface area contributed by atoms with Gasteiger partial charge in [0.1, 0.15) is 5.82 Å². The molecule has 6 heteroatoms. The summed E-state index contributed by atoms with van der Waals surface area (Å²) in [4.78, 5) is 11.6. The van der Waals surface area contributed by atoms with Gasteiger partial charge in [0.15, 0.2) is 0 Å². The van der Waals surface area contributed by atoms with E-state index >= 15 is 0 Å². The minimum Gasteiger partial charge on any atom is -0.271 e. The molecule has 0 radical (unpaired) electrons. The van der Waals surface area contributed by atoms with Gasteiger partial charge in [-0.25, -0.2) is 4.39 Å². The first-order valence-corrected chi connectivity index (χ1v) is 7.56. The highest BCUT2D eigenvalue weighted by molar-refractivity contribution is 7.55. The smallest absolute Gasteiger partial charge is 0.263 e. The molecule has 0 spiro atoms. The van der Waals surface area contributed by atoms with Crippen LogP contribution in [0.15, 0.2) is 10.4 Å². The summed E-state index contributed by atoms with van der Waals surface area (Å²) in [5, 5.41) is 0.0990. The highest BCUT2D eigenvalue weighted by Gasteiger charge is 2.32. The van der Waals surface area contributed by atoms with Crippen molar-refractivity contribution in [1.29, 1.82) is 0 Å². The van der Waals surface area contributed by atoms with Crippen LogP contribution in [0, 0.1) is 5.82 Å². The number of nitrogens with zero attached hydrogens (tertiary/aromatic N) is 1. The van der Waals surface area contributed by atoms with Crippen LogP contribution in [0.2, 0.25) is 5.02 Å².